The van der Waals surface area contributed by atoms with E-state index in [-0.39, 0.29) is 5.82 Å². The second kappa shape index (κ2) is 6.73. The lowest BCUT2D eigenvalue weighted by Gasteiger charge is -2.15. The number of hydrogen-bond acceptors (Lipinski definition) is 3. The summed E-state index contributed by atoms with van der Waals surface area (Å²) in [5.41, 5.74) is 0.763. The fourth-order valence-corrected chi connectivity index (χ4v) is 2.19. The highest BCUT2D eigenvalue weighted by atomic mass is 79.9. The smallest absolute Gasteiger partial charge is 0.191 e. The molecule has 0 aromatic heterocycles. The number of rotatable bonds is 4. The molecule has 2 rings (SSSR count). The highest BCUT2D eigenvalue weighted by Gasteiger charge is 2.04. The summed E-state index contributed by atoms with van der Waals surface area (Å²) in [6, 6.07) is 5.21. The lowest BCUT2D eigenvalue weighted by molar-refractivity contribution is 0.601. The van der Waals surface area contributed by atoms with Crippen molar-refractivity contribution in [2.24, 2.45) is 4.99 Å². The van der Waals surface area contributed by atoms with Gasteiger partial charge in [-0.1, -0.05) is 22.0 Å². The molecule has 0 saturated heterocycles. The average molecular weight is 314 g/mol. The van der Waals surface area contributed by atoms with E-state index >= 15 is 0 Å². The first-order valence-corrected chi connectivity index (χ1v) is 7.01. The van der Waals surface area contributed by atoms with Gasteiger partial charge in [-0.2, -0.15) is 0 Å². The predicted octanol–water partition coefficient (Wildman–Crippen LogP) is 2.46. The van der Waals surface area contributed by atoms with Gasteiger partial charge in [0.15, 0.2) is 5.96 Å². The van der Waals surface area contributed by atoms with Gasteiger partial charge in [0.25, 0.3) is 0 Å². The maximum Gasteiger partial charge on any atom is 0.191 e. The van der Waals surface area contributed by atoms with Gasteiger partial charge in [0.1, 0.15) is 5.82 Å². The van der Waals surface area contributed by atoms with E-state index in [0.29, 0.717) is 0 Å². The van der Waals surface area contributed by atoms with E-state index in [1.165, 1.54) is 6.07 Å². The Morgan fingerprint density at radius 2 is 2.33 bits per heavy atom. The molecule has 1 aliphatic rings. The van der Waals surface area contributed by atoms with Crippen LogP contribution in [0.4, 0.5) is 4.39 Å². The van der Waals surface area contributed by atoms with Crippen LogP contribution in [0.3, 0.4) is 0 Å². The van der Waals surface area contributed by atoms with E-state index in [9.17, 15) is 4.39 Å². The molecular weight excluding hydrogens is 297 g/mol. The standard InChI is InChI=1S/C13H17BrFN3/c14-11-5-4-10(12(15)9-11)3-1-6-16-13-17-7-2-8-18-13/h4-5,9H,1-3,6-8H2,(H2,16,17,18). The van der Waals surface area contributed by atoms with Crippen LogP contribution in [0.1, 0.15) is 18.4 Å². The fourth-order valence-electron chi connectivity index (χ4n) is 1.86. The molecule has 0 radical (unpaired) electrons. The topological polar surface area (TPSA) is 36.4 Å². The second-order valence-electron chi connectivity index (χ2n) is 4.28. The Morgan fingerprint density at radius 3 is 3.06 bits per heavy atom. The van der Waals surface area contributed by atoms with E-state index in [4.69, 9.17) is 0 Å². The molecule has 5 heteroatoms. The lowest BCUT2D eigenvalue weighted by atomic mass is 10.1. The molecule has 0 aliphatic carbocycles. The zero-order valence-corrected chi connectivity index (χ0v) is 11.8. The third-order valence-corrected chi connectivity index (χ3v) is 3.32. The molecule has 0 bridgehead atoms. The highest BCUT2D eigenvalue weighted by molar-refractivity contribution is 9.10. The summed E-state index contributed by atoms with van der Waals surface area (Å²) in [4.78, 5) is 4.32. The number of aryl methyl sites for hydroxylation is 1. The van der Waals surface area contributed by atoms with Crippen molar-refractivity contribution in [3.63, 3.8) is 0 Å². The summed E-state index contributed by atoms with van der Waals surface area (Å²) in [6.45, 7) is 2.67. The van der Waals surface area contributed by atoms with Gasteiger partial charge < -0.3 is 10.6 Å². The minimum Gasteiger partial charge on any atom is -0.356 e. The summed E-state index contributed by atoms with van der Waals surface area (Å²) in [7, 11) is 0. The Kier molecular flexibility index (Phi) is 4.99. The van der Waals surface area contributed by atoms with Gasteiger partial charge in [-0.3, -0.25) is 4.99 Å². The Balaban J connectivity index is 1.73. The van der Waals surface area contributed by atoms with Gasteiger partial charge in [-0.05, 0) is 37.0 Å². The molecule has 3 nitrogen and oxygen atoms in total. The van der Waals surface area contributed by atoms with E-state index < -0.39 is 0 Å². The summed E-state index contributed by atoms with van der Waals surface area (Å²) < 4.78 is 14.3. The molecule has 0 spiro atoms. The molecule has 0 atom stereocenters. The SMILES string of the molecule is Fc1cc(Br)ccc1CCCNC1=NCCCN1. The predicted molar refractivity (Wildman–Crippen MR) is 75.3 cm³/mol. The normalized spacial score (nSPS) is 14.9. The maximum absolute atomic E-state index is 13.5. The van der Waals surface area contributed by atoms with Crippen LogP contribution in [0, 0.1) is 5.82 Å². The summed E-state index contributed by atoms with van der Waals surface area (Å²) in [5.74, 6) is 0.732. The van der Waals surface area contributed by atoms with E-state index in [1.807, 2.05) is 12.1 Å². The first kappa shape index (κ1) is 13.3. The molecule has 1 aliphatic heterocycles. The lowest BCUT2D eigenvalue weighted by Crippen LogP contribution is -2.41. The Bertz CT molecular complexity index is 434. The third-order valence-electron chi connectivity index (χ3n) is 2.83. The number of guanidine groups is 1. The van der Waals surface area contributed by atoms with Gasteiger partial charge in [0, 0.05) is 24.1 Å². The number of halogens is 2. The summed E-state index contributed by atoms with van der Waals surface area (Å²) in [6.07, 6.45) is 2.72. The van der Waals surface area contributed by atoms with E-state index in [0.717, 1.165) is 54.9 Å². The van der Waals surface area contributed by atoms with E-state index in [1.54, 1.807) is 0 Å². The molecular formula is C13H17BrFN3. The van der Waals surface area contributed by atoms with Crippen LogP contribution in [0.2, 0.25) is 0 Å². The Labute approximate surface area is 115 Å². The van der Waals surface area contributed by atoms with Crippen molar-refractivity contribution in [3.05, 3.63) is 34.1 Å². The molecule has 1 aromatic carbocycles. The van der Waals surface area contributed by atoms with E-state index in [2.05, 4.69) is 31.6 Å². The number of hydrogen-bond donors (Lipinski definition) is 2. The van der Waals surface area contributed by atoms with Gasteiger partial charge in [-0.15, -0.1) is 0 Å². The fraction of sp³-hybridized carbons (Fsp3) is 0.462. The van der Waals surface area contributed by atoms with Gasteiger partial charge in [0.2, 0.25) is 0 Å². The van der Waals surface area contributed by atoms with Crippen LogP contribution in [0.15, 0.2) is 27.7 Å². The molecule has 0 saturated carbocycles. The number of benzene rings is 1. The minimum atomic E-state index is -0.141. The van der Waals surface area contributed by atoms with Crippen LogP contribution in [0.25, 0.3) is 0 Å². The molecule has 0 amide bonds. The third kappa shape index (κ3) is 3.98. The molecule has 18 heavy (non-hydrogen) atoms. The van der Waals surface area contributed by atoms with Crippen molar-refractivity contribution >= 4 is 21.9 Å². The summed E-state index contributed by atoms with van der Waals surface area (Å²) >= 11 is 3.25. The van der Waals surface area contributed by atoms with Crippen LogP contribution in [0.5, 0.6) is 0 Å². The quantitative estimate of drug-likeness (QED) is 0.838. The average Bonchev–Trinajstić information content (AvgIpc) is 2.38. The monoisotopic (exact) mass is 313 g/mol. The van der Waals surface area contributed by atoms with Crippen LogP contribution < -0.4 is 10.6 Å². The highest BCUT2D eigenvalue weighted by Crippen LogP contribution is 2.16. The van der Waals surface area contributed by atoms with Crippen molar-refractivity contribution in [3.8, 4) is 0 Å². The van der Waals surface area contributed by atoms with Gasteiger partial charge >= 0.3 is 0 Å². The molecule has 0 unspecified atom stereocenters. The van der Waals surface area contributed by atoms with Gasteiger partial charge in [0.05, 0.1) is 0 Å². The minimum absolute atomic E-state index is 0.141. The largest absolute Gasteiger partial charge is 0.356 e. The van der Waals surface area contributed by atoms with Crippen LogP contribution >= 0.6 is 15.9 Å². The zero-order valence-electron chi connectivity index (χ0n) is 10.2. The molecule has 98 valence electrons. The number of aliphatic imine (C=N–C) groups is 1. The van der Waals surface area contributed by atoms with Crippen LogP contribution in [-0.2, 0) is 6.42 Å². The summed E-state index contributed by atoms with van der Waals surface area (Å²) in [5, 5.41) is 6.43. The first-order chi connectivity index (χ1) is 8.75. The Morgan fingerprint density at radius 1 is 1.44 bits per heavy atom. The van der Waals surface area contributed by atoms with Crippen molar-refractivity contribution in [1.82, 2.24) is 10.6 Å². The molecule has 0 fully saturated rings. The molecule has 2 N–H and O–H groups in total. The maximum atomic E-state index is 13.5. The van der Waals surface area contributed by atoms with Crippen molar-refractivity contribution in [1.29, 1.82) is 0 Å². The number of nitrogens with zero attached hydrogens (tertiary/aromatic N) is 1. The van der Waals surface area contributed by atoms with Gasteiger partial charge in [-0.25, -0.2) is 4.39 Å². The van der Waals surface area contributed by atoms with Crippen molar-refractivity contribution in [2.45, 2.75) is 19.3 Å². The van der Waals surface area contributed by atoms with Crippen molar-refractivity contribution < 1.29 is 4.39 Å². The van der Waals surface area contributed by atoms with Crippen LogP contribution in [-0.4, -0.2) is 25.6 Å². The first-order valence-electron chi connectivity index (χ1n) is 6.22. The second-order valence-corrected chi connectivity index (χ2v) is 5.19. The van der Waals surface area contributed by atoms with Crippen molar-refractivity contribution in [2.75, 3.05) is 19.6 Å². The Hall–Kier alpha value is -1.10. The number of nitrogens with one attached hydrogen (secondary N) is 2. The molecule has 1 aromatic rings. The zero-order chi connectivity index (χ0) is 12.8. The molecule has 1 heterocycles.